The highest BCUT2D eigenvalue weighted by Gasteiger charge is 2.26. The van der Waals surface area contributed by atoms with Gasteiger partial charge in [-0.25, -0.2) is 27.8 Å². The maximum absolute atomic E-state index is 11.7. The van der Waals surface area contributed by atoms with Crippen LogP contribution in [0.15, 0.2) is 67.0 Å². The Kier molecular flexibility index (Phi) is 10.0. The molecule has 0 radical (unpaired) electrons. The van der Waals surface area contributed by atoms with Gasteiger partial charge in [-0.2, -0.15) is 0 Å². The van der Waals surface area contributed by atoms with Gasteiger partial charge in [-0.3, -0.25) is 4.79 Å². The number of aromatic nitrogens is 4. The van der Waals surface area contributed by atoms with E-state index >= 15 is 0 Å². The predicted octanol–water partition coefficient (Wildman–Crippen LogP) is 4.47. The van der Waals surface area contributed by atoms with Gasteiger partial charge in [-0.1, -0.05) is 59.6 Å². The fourth-order valence-corrected chi connectivity index (χ4v) is 8.49. The summed E-state index contributed by atoms with van der Waals surface area (Å²) in [5, 5.41) is 16.2. The standard InChI is InChI=1S/C35H36Cl2N8O4S/c1-49-35-23(17-39-18-25-9-11-31(46)42-25)8-10-29(43-35)28-6-2-4-26(32(28)36)27-5-3-7-30(33(27)37)45-19-24-12-21(15-40-34(24)44-45)13-38-14-22-16-41-50(47,48)20-22/h2-8,10,12,15,19,22,25,38-39,41H,9,11,13-14,16-18,20H2,1H3,(H,42,46)/t22?,25-/m0/s1. The maximum atomic E-state index is 11.7. The first-order valence-corrected chi connectivity index (χ1v) is 18.7. The summed E-state index contributed by atoms with van der Waals surface area (Å²) in [7, 11) is -1.55. The Balaban J connectivity index is 1.08. The van der Waals surface area contributed by atoms with Crippen LogP contribution in [0.3, 0.4) is 0 Å². The second-order valence-electron chi connectivity index (χ2n) is 12.6. The van der Waals surface area contributed by atoms with Crippen LogP contribution in [0.4, 0.5) is 0 Å². The number of hydrogen-bond donors (Lipinski definition) is 4. The number of ether oxygens (including phenoxy) is 1. The quantitative estimate of drug-likeness (QED) is 0.146. The first kappa shape index (κ1) is 34.3. The highest BCUT2D eigenvalue weighted by atomic mass is 35.5. The zero-order valence-electron chi connectivity index (χ0n) is 27.2. The van der Waals surface area contributed by atoms with Crippen LogP contribution < -0.4 is 25.4 Å². The second-order valence-corrected chi connectivity index (χ2v) is 15.2. The van der Waals surface area contributed by atoms with Gasteiger partial charge >= 0.3 is 0 Å². The molecule has 0 spiro atoms. The van der Waals surface area contributed by atoms with Gasteiger partial charge in [0.25, 0.3) is 0 Å². The van der Waals surface area contributed by atoms with Crippen LogP contribution in [-0.4, -0.2) is 72.6 Å². The SMILES string of the molecule is COc1nc(-c2cccc(-c3cccc(-n4cc5cc(CNCC6CNS(=O)(=O)C6)cnc5n4)c3Cl)c2Cl)ccc1CNC[C@@H]1CCC(=O)N1. The molecular weight excluding hydrogens is 699 g/mol. The monoisotopic (exact) mass is 734 g/mol. The molecule has 260 valence electrons. The van der Waals surface area contributed by atoms with Crippen molar-refractivity contribution in [1.29, 1.82) is 0 Å². The fourth-order valence-electron chi connectivity index (χ4n) is 6.39. The average Bonchev–Trinajstić information content (AvgIpc) is 3.82. The van der Waals surface area contributed by atoms with Crippen molar-refractivity contribution in [3.63, 3.8) is 0 Å². The van der Waals surface area contributed by atoms with Crippen LogP contribution in [-0.2, 0) is 27.9 Å². The Morgan fingerprint density at radius 1 is 1.00 bits per heavy atom. The molecule has 50 heavy (non-hydrogen) atoms. The molecule has 5 heterocycles. The Bertz CT molecular complexity index is 2180. The van der Waals surface area contributed by atoms with Crippen molar-refractivity contribution in [3.05, 3.63) is 88.2 Å². The Morgan fingerprint density at radius 2 is 1.78 bits per heavy atom. The van der Waals surface area contributed by atoms with E-state index in [1.165, 1.54) is 0 Å². The molecule has 2 aliphatic rings. The highest BCUT2D eigenvalue weighted by Crippen LogP contribution is 2.41. The van der Waals surface area contributed by atoms with E-state index in [4.69, 9.17) is 32.9 Å². The Hall–Kier alpha value is -4.11. The minimum atomic E-state index is -3.14. The number of carbonyl (C=O) groups excluding carboxylic acids is 1. The number of nitrogens with zero attached hydrogens (tertiary/aromatic N) is 4. The van der Waals surface area contributed by atoms with Crippen LogP contribution in [0.5, 0.6) is 5.88 Å². The molecule has 1 amide bonds. The van der Waals surface area contributed by atoms with E-state index in [1.54, 1.807) is 18.0 Å². The van der Waals surface area contributed by atoms with Crippen molar-refractivity contribution in [2.45, 2.75) is 32.0 Å². The number of nitrogens with one attached hydrogen (secondary N) is 4. The molecule has 1 unspecified atom stereocenters. The van der Waals surface area contributed by atoms with Crippen molar-refractivity contribution >= 4 is 50.2 Å². The number of halogens is 2. The summed E-state index contributed by atoms with van der Waals surface area (Å²) in [6.07, 6.45) is 5.05. The Labute approximate surface area is 300 Å². The molecule has 7 rings (SSSR count). The van der Waals surface area contributed by atoms with Crippen molar-refractivity contribution in [2.24, 2.45) is 5.92 Å². The van der Waals surface area contributed by atoms with Crippen LogP contribution >= 0.6 is 23.2 Å². The third-order valence-electron chi connectivity index (χ3n) is 8.94. The van der Waals surface area contributed by atoms with Gasteiger partial charge in [-0.05, 0) is 30.2 Å². The first-order chi connectivity index (χ1) is 24.2. The number of sulfonamides is 1. The zero-order valence-corrected chi connectivity index (χ0v) is 29.6. The third kappa shape index (κ3) is 7.48. The molecule has 3 aromatic heterocycles. The normalized spacial score (nSPS) is 18.5. The van der Waals surface area contributed by atoms with E-state index in [0.717, 1.165) is 39.6 Å². The van der Waals surface area contributed by atoms with E-state index < -0.39 is 10.0 Å². The number of methoxy groups -OCH3 is 1. The summed E-state index contributed by atoms with van der Waals surface area (Å²) in [5.41, 5.74) is 5.98. The molecule has 15 heteroatoms. The first-order valence-electron chi connectivity index (χ1n) is 16.3. The minimum Gasteiger partial charge on any atom is -0.481 e. The van der Waals surface area contributed by atoms with Crippen molar-refractivity contribution < 1.29 is 17.9 Å². The second kappa shape index (κ2) is 14.6. The number of fused-ring (bicyclic) bond motifs is 1. The van der Waals surface area contributed by atoms with Gasteiger partial charge < -0.3 is 20.7 Å². The van der Waals surface area contributed by atoms with Crippen LogP contribution in [0, 0.1) is 5.92 Å². The molecule has 0 aliphatic carbocycles. The molecule has 4 N–H and O–H groups in total. The topological polar surface area (TPSA) is 152 Å². The van der Waals surface area contributed by atoms with E-state index in [-0.39, 0.29) is 23.6 Å². The maximum Gasteiger partial charge on any atom is 0.220 e. The summed E-state index contributed by atoms with van der Waals surface area (Å²) >= 11 is 14.1. The average molecular weight is 736 g/mol. The van der Waals surface area contributed by atoms with Gasteiger partial charge in [0.2, 0.25) is 21.8 Å². The summed E-state index contributed by atoms with van der Waals surface area (Å²) in [6, 6.07) is 17.5. The van der Waals surface area contributed by atoms with Crippen LogP contribution in [0.1, 0.15) is 24.0 Å². The smallest absolute Gasteiger partial charge is 0.220 e. The van der Waals surface area contributed by atoms with Crippen molar-refractivity contribution in [2.75, 3.05) is 32.5 Å². The molecule has 2 saturated heterocycles. The number of benzene rings is 2. The lowest BCUT2D eigenvalue weighted by Gasteiger charge is -2.15. The number of hydrogen-bond acceptors (Lipinski definition) is 9. The molecule has 2 aromatic carbocycles. The fraction of sp³-hybridized carbons (Fsp3) is 0.314. The van der Waals surface area contributed by atoms with E-state index in [1.807, 2.05) is 60.8 Å². The van der Waals surface area contributed by atoms with E-state index in [2.05, 4.69) is 30.8 Å². The van der Waals surface area contributed by atoms with Crippen molar-refractivity contribution in [1.82, 2.24) is 40.4 Å². The van der Waals surface area contributed by atoms with Gasteiger partial charge in [0, 0.05) is 91.1 Å². The number of carbonyl (C=O) groups is 1. The number of rotatable bonds is 12. The van der Waals surface area contributed by atoms with Crippen molar-refractivity contribution in [3.8, 4) is 34.0 Å². The lowest BCUT2D eigenvalue weighted by Crippen LogP contribution is -2.35. The molecule has 0 bridgehead atoms. The lowest BCUT2D eigenvalue weighted by molar-refractivity contribution is -0.119. The van der Waals surface area contributed by atoms with Gasteiger partial charge in [0.15, 0.2) is 5.65 Å². The van der Waals surface area contributed by atoms with E-state index in [9.17, 15) is 13.2 Å². The van der Waals surface area contributed by atoms with Gasteiger partial charge in [0.05, 0.1) is 34.3 Å². The molecule has 12 nitrogen and oxygen atoms in total. The Morgan fingerprint density at radius 3 is 2.54 bits per heavy atom. The largest absolute Gasteiger partial charge is 0.481 e. The van der Waals surface area contributed by atoms with Gasteiger partial charge in [0.1, 0.15) is 0 Å². The molecule has 2 aliphatic heterocycles. The summed E-state index contributed by atoms with van der Waals surface area (Å²) in [4.78, 5) is 20.8. The summed E-state index contributed by atoms with van der Waals surface area (Å²) in [5.74, 6) is 0.762. The third-order valence-corrected chi connectivity index (χ3v) is 11.3. The zero-order chi connectivity index (χ0) is 34.8. The lowest BCUT2D eigenvalue weighted by atomic mass is 10.00. The molecule has 5 aromatic rings. The van der Waals surface area contributed by atoms with Crippen LogP contribution in [0.25, 0.3) is 39.1 Å². The molecule has 2 fully saturated rings. The summed E-state index contributed by atoms with van der Waals surface area (Å²) in [6.45, 7) is 2.81. The highest BCUT2D eigenvalue weighted by molar-refractivity contribution is 7.89. The number of amides is 1. The molecular formula is C35H36Cl2N8O4S. The molecule has 2 atom stereocenters. The number of pyridine rings is 2. The molecule has 0 saturated carbocycles. The van der Waals surface area contributed by atoms with E-state index in [0.29, 0.717) is 72.1 Å². The summed E-state index contributed by atoms with van der Waals surface area (Å²) < 4.78 is 33.2. The predicted molar refractivity (Wildman–Crippen MR) is 194 cm³/mol. The van der Waals surface area contributed by atoms with Crippen LogP contribution in [0.2, 0.25) is 10.0 Å². The van der Waals surface area contributed by atoms with Gasteiger partial charge in [-0.15, -0.1) is 5.10 Å². The minimum absolute atomic E-state index is 0.0368.